The van der Waals surface area contributed by atoms with Crippen molar-refractivity contribution in [3.63, 3.8) is 0 Å². The van der Waals surface area contributed by atoms with Gasteiger partial charge < -0.3 is 0 Å². The second-order valence-electron chi connectivity index (χ2n) is 4.56. The number of allylic oxidation sites excluding steroid dienone is 1. The maximum absolute atomic E-state index is 11.5. The predicted octanol–water partition coefficient (Wildman–Crippen LogP) is 1.95. The minimum atomic E-state index is -3.18. The quantitative estimate of drug-likeness (QED) is 0.470. The molecule has 0 saturated heterocycles. The van der Waals surface area contributed by atoms with Crippen LogP contribution in [0.2, 0.25) is 0 Å². The number of benzene rings is 1. The fourth-order valence-electron chi connectivity index (χ4n) is 1.70. The van der Waals surface area contributed by atoms with E-state index in [4.69, 9.17) is 5.84 Å². The first-order chi connectivity index (χ1) is 8.34. The van der Waals surface area contributed by atoms with Crippen LogP contribution in [0, 0.1) is 0 Å². The molecule has 0 aliphatic rings. The number of nitrogens with two attached hydrogens (primary N) is 1. The van der Waals surface area contributed by atoms with Gasteiger partial charge in [0.05, 0.1) is 4.90 Å². The van der Waals surface area contributed by atoms with Crippen molar-refractivity contribution in [1.29, 1.82) is 0 Å². The van der Waals surface area contributed by atoms with Crippen molar-refractivity contribution in [1.82, 2.24) is 5.43 Å². The molecule has 0 aliphatic heterocycles. The van der Waals surface area contributed by atoms with Crippen LogP contribution in [0.15, 0.2) is 41.3 Å². The van der Waals surface area contributed by atoms with E-state index in [1.165, 1.54) is 6.26 Å². The van der Waals surface area contributed by atoms with Crippen LogP contribution in [0.1, 0.15) is 31.4 Å². The highest BCUT2D eigenvalue weighted by Crippen LogP contribution is 2.22. The Hall–Kier alpha value is -1.17. The molecule has 0 heterocycles. The van der Waals surface area contributed by atoms with Crippen LogP contribution < -0.4 is 11.3 Å². The van der Waals surface area contributed by atoms with Crippen molar-refractivity contribution >= 4 is 9.84 Å². The zero-order valence-corrected chi connectivity index (χ0v) is 11.6. The lowest BCUT2D eigenvalue weighted by atomic mass is 10.0. The summed E-state index contributed by atoms with van der Waals surface area (Å²) in [6.45, 7) is 5.81. The predicted molar refractivity (Wildman–Crippen MR) is 73.7 cm³/mol. The van der Waals surface area contributed by atoms with Crippen molar-refractivity contribution in [2.24, 2.45) is 5.84 Å². The normalized spacial score (nSPS) is 13.3. The molecule has 1 rings (SSSR count). The third-order valence-electron chi connectivity index (χ3n) is 2.75. The van der Waals surface area contributed by atoms with Gasteiger partial charge in [0.2, 0.25) is 0 Å². The summed E-state index contributed by atoms with van der Waals surface area (Å²) in [7, 11) is -3.18. The number of hydrogen-bond acceptors (Lipinski definition) is 4. The van der Waals surface area contributed by atoms with Gasteiger partial charge in [0, 0.05) is 12.3 Å². The van der Waals surface area contributed by atoms with Crippen molar-refractivity contribution in [2.75, 3.05) is 6.26 Å². The Labute approximate surface area is 109 Å². The molecule has 18 heavy (non-hydrogen) atoms. The van der Waals surface area contributed by atoms with Crippen LogP contribution >= 0.6 is 0 Å². The highest BCUT2D eigenvalue weighted by molar-refractivity contribution is 7.90. The highest BCUT2D eigenvalue weighted by atomic mass is 32.2. The zero-order valence-electron chi connectivity index (χ0n) is 10.8. The molecule has 1 unspecified atom stereocenters. The van der Waals surface area contributed by atoms with Gasteiger partial charge in [-0.25, -0.2) is 8.42 Å². The van der Waals surface area contributed by atoms with E-state index in [2.05, 4.69) is 12.0 Å². The lowest BCUT2D eigenvalue weighted by molar-refractivity contribution is 0.514. The summed E-state index contributed by atoms with van der Waals surface area (Å²) in [6, 6.07) is 6.79. The summed E-state index contributed by atoms with van der Waals surface area (Å²) in [5, 5.41) is 0. The van der Waals surface area contributed by atoms with Gasteiger partial charge in [-0.3, -0.25) is 11.3 Å². The maximum Gasteiger partial charge on any atom is 0.175 e. The van der Waals surface area contributed by atoms with E-state index in [1.54, 1.807) is 18.2 Å². The summed E-state index contributed by atoms with van der Waals surface area (Å²) in [5.74, 6) is 5.52. The van der Waals surface area contributed by atoms with Crippen LogP contribution in [0.4, 0.5) is 0 Å². The van der Waals surface area contributed by atoms with E-state index in [0.29, 0.717) is 4.90 Å². The Morgan fingerprint density at radius 3 is 2.67 bits per heavy atom. The van der Waals surface area contributed by atoms with Gasteiger partial charge in [-0.15, -0.1) is 6.58 Å². The second kappa shape index (κ2) is 6.13. The molecule has 3 N–H and O–H groups in total. The van der Waals surface area contributed by atoms with Crippen LogP contribution in [0.5, 0.6) is 0 Å². The number of hydrazine groups is 1. The van der Waals surface area contributed by atoms with E-state index in [1.807, 2.05) is 13.0 Å². The largest absolute Gasteiger partial charge is 0.271 e. The van der Waals surface area contributed by atoms with Gasteiger partial charge in [-0.05, 0) is 37.5 Å². The Kier molecular flexibility index (Phi) is 5.07. The third-order valence-corrected chi connectivity index (χ3v) is 3.86. The van der Waals surface area contributed by atoms with Gasteiger partial charge >= 0.3 is 0 Å². The molecule has 0 fully saturated rings. The minimum Gasteiger partial charge on any atom is -0.271 e. The van der Waals surface area contributed by atoms with Crippen LogP contribution in [0.25, 0.3) is 0 Å². The summed E-state index contributed by atoms with van der Waals surface area (Å²) >= 11 is 0. The molecule has 5 heteroatoms. The summed E-state index contributed by atoms with van der Waals surface area (Å²) in [4.78, 5) is 0.315. The van der Waals surface area contributed by atoms with Gasteiger partial charge in [0.1, 0.15) is 0 Å². The minimum absolute atomic E-state index is 0.0663. The van der Waals surface area contributed by atoms with Gasteiger partial charge in [0.25, 0.3) is 0 Å². The van der Waals surface area contributed by atoms with Crippen molar-refractivity contribution < 1.29 is 8.42 Å². The summed E-state index contributed by atoms with van der Waals surface area (Å²) < 4.78 is 23.0. The fraction of sp³-hybridized carbons (Fsp3) is 0.385. The number of hydrogen-bond donors (Lipinski definition) is 2. The molecular formula is C13H20N2O2S. The standard InChI is InChI=1S/C13H20N2O2S/c1-10(2)7-8-13(15-14)11-5-4-6-12(9-11)18(3,16)17/h4-6,9,13,15H,1,7-8,14H2,2-3H3. The summed E-state index contributed by atoms with van der Waals surface area (Å²) in [5.41, 5.74) is 4.67. The molecule has 0 aliphatic carbocycles. The molecule has 0 aromatic heterocycles. The fourth-order valence-corrected chi connectivity index (χ4v) is 2.37. The lowest BCUT2D eigenvalue weighted by Gasteiger charge is -2.17. The molecule has 1 aromatic carbocycles. The monoisotopic (exact) mass is 268 g/mol. The average molecular weight is 268 g/mol. The van der Waals surface area contributed by atoms with Crippen LogP contribution in [0.3, 0.4) is 0 Å². The maximum atomic E-state index is 11.5. The second-order valence-corrected chi connectivity index (χ2v) is 6.58. The first-order valence-corrected chi connectivity index (χ1v) is 7.64. The molecule has 0 spiro atoms. The number of nitrogens with one attached hydrogen (secondary N) is 1. The molecule has 0 saturated carbocycles. The van der Waals surface area contributed by atoms with E-state index in [9.17, 15) is 8.42 Å². The van der Waals surface area contributed by atoms with E-state index in [0.717, 1.165) is 24.0 Å². The molecule has 100 valence electrons. The highest BCUT2D eigenvalue weighted by Gasteiger charge is 2.13. The van der Waals surface area contributed by atoms with Crippen LogP contribution in [-0.4, -0.2) is 14.7 Å². The molecule has 0 radical (unpaired) electrons. The van der Waals surface area contributed by atoms with E-state index < -0.39 is 9.84 Å². The Balaban J connectivity index is 2.96. The summed E-state index contributed by atoms with van der Waals surface area (Å²) in [6.07, 6.45) is 2.84. The zero-order chi connectivity index (χ0) is 13.8. The Morgan fingerprint density at radius 2 is 2.17 bits per heavy atom. The molecular weight excluding hydrogens is 248 g/mol. The molecule has 1 aromatic rings. The SMILES string of the molecule is C=C(C)CCC(NN)c1cccc(S(C)(=O)=O)c1. The van der Waals surface area contributed by atoms with Crippen molar-refractivity contribution in [3.8, 4) is 0 Å². The molecule has 4 nitrogen and oxygen atoms in total. The van der Waals surface area contributed by atoms with Gasteiger partial charge in [-0.2, -0.15) is 0 Å². The number of rotatable bonds is 6. The van der Waals surface area contributed by atoms with E-state index in [-0.39, 0.29) is 6.04 Å². The molecule has 0 bridgehead atoms. The first kappa shape index (κ1) is 14.9. The Morgan fingerprint density at radius 1 is 1.50 bits per heavy atom. The lowest BCUT2D eigenvalue weighted by Crippen LogP contribution is -2.28. The van der Waals surface area contributed by atoms with Crippen molar-refractivity contribution in [3.05, 3.63) is 42.0 Å². The first-order valence-electron chi connectivity index (χ1n) is 5.75. The van der Waals surface area contributed by atoms with Gasteiger partial charge in [0.15, 0.2) is 9.84 Å². The average Bonchev–Trinajstić information content (AvgIpc) is 2.29. The van der Waals surface area contributed by atoms with Gasteiger partial charge in [-0.1, -0.05) is 17.7 Å². The van der Waals surface area contributed by atoms with E-state index >= 15 is 0 Å². The smallest absolute Gasteiger partial charge is 0.175 e. The topological polar surface area (TPSA) is 72.2 Å². The molecule has 0 amide bonds. The van der Waals surface area contributed by atoms with Crippen molar-refractivity contribution in [2.45, 2.75) is 30.7 Å². The molecule has 1 atom stereocenters. The van der Waals surface area contributed by atoms with Crippen LogP contribution in [-0.2, 0) is 9.84 Å². The Bertz CT molecular complexity index is 524. The number of sulfone groups is 1. The third kappa shape index (κ3) is 4.25.